The molecular formula is C13H16ClN3O. The average Bonchev–Trinajstić information content (AvgIpc) is 2.42. The van der Waals surface area contributed by atoms with E-state index in [-0.39, 0.29) is 17.7 Å². The zero-order chi connectivity index (χ0) is 13.4. The molecule has 18 heavy (non-hydrogen) atoms. The van der Waals surface area contributed by atoms with Crippen molar-refractivity contribution in [3.63, 3.8) is 0 Å². The van der Waals surface area contributed by atoms with Crippen LogP contribution < -0.4 is 0 Å². The van der Waals surface area contributed by atoms with Crippen LogP contribution in [0.3, 0.4) is 0 Å². The SMILES string of the molecule is CC(CCl)C(=O)N(CCC#N)Cc1cccnc1. The Kier molecular flexibility index (Phi) is 6.16. The van der Waals surface area contributed by atoms with E-state index in [9.17, 15) is 4.79 Å². The van der Waals surface area contributed by atoms with Crippen molar-refractivity contribution in [1.82, 2.24) is 9.88 Å². The molecule has 1 rings (SSSR count). The van der Waals surface area contributed by atoms with Gasteiger partial charge in [0.2, 0.25) is 5.91 Å². The molecule has 0 aliphatic rings. The Morgan fingerprint density at radius 3 is 3.00 bits per heavy atom. The lowest BCUT2D eigenvalue weighted by Crippen LogP contribution is -2.36. The Balaban J connectivity index is 2.72. The summed E-state index contributed by atoms with van der Waals surface area (Å²) in [7, 11) is 0. The van der Waals surface area contributed by atoms with Crippen LogP contribution in [0.15, 0.2) is 24.5 Å². The minimum absolute atomic E-state index is 0.0240. The van der Waals surface area contributed by atoms with Gasteiger partial charge in [-0.05, 0) is 11.6 Å². The number of aromatic nitrogens is 1. The zero-order valence-electron chi connectivity index (χ0n) is 10.3. The highest BCUT2D eigenvalue weighted by Gasteiger charge is 2.19. The van der Waals surface area contributed by atoms with Crippen LogP contribution in [0, 0.1) is 17.2 Å². The molecule has 0 aliphatic heterocycles. The number of hydrogen-bond donors (Lipinski definition) is 0. The number of rotatable bonds is 6. The molecule has 0 aromatic carbocycles. The van der Waals surface area contributed by atoms with Gasteiger partial charge in [0.25, 0.3) is 0 Å². The number of alkyl halides is 1. The van der Waals surface area contributed by atoms with Crippen molar-refractivity contribution in [2.24, 2.45) is 5.92 Å². The van der Waals surface area contributed by atoms with E-state index in [1.54, 1.807) is 24.2 Å². The van der Waals surface area contributed by atoms with Gasteiger partial charge in [-0.3, -0.25) is 9.78 Å². The van der Waals surface area contributed by atoms with E-state index >= 15 is 0 Å². The summed E-state index contributed by atoms with van der Waals surface area (Å²) in [6.07, 6.45) is 3.73. The summed E-state index contributed by atoms with van der Waals surface area (Å²) in [5.41, 5.74) is 0.950. The number of halogens is 1. The summed E-state index contributed by atoms with van der Waals surface area (Å²) < 4.78 is 0. The van der Waals surface area contributed by atoms with Gasteiger partial charge in [-0.15, -0.1) is 11.6 Å². The molecule has 0 fully saturated rings. The number of carbonyl (C=O) groups excluding carboxylic acids is 1. The van der Waals surface area contributed by atoms with Crippen LogP contribution >= 0.6 is 11.6 Å². The highest BCUT2D eigenvalue weighted by molar-refractivity contribution is 6.19. The quantitative estimate of drug-likeness (QED) is 0.741. The topological polar surface area (TPSA) is 57.0 Å². The van der Waals surface area contributed by atoms with E-state index < -0.39 is 0 Å². The summed E-state index contributed by atoms with van der Waals surface area (Å²) in [4.78, 5) is 17.8. The van der Waals surface area contributed by atoms with Gasteiger partial charge in [-0.2, -0.15) is 5.26 Å². The van der Waals surface area contributed by atoms with Gasteiger partial charge in [-0.1, -0.05) is 13.0 Å². The lowest BCUT2D eigenvalue weighted by Gasteiger charge is -2.24. The van der Waals surface area contributed by atoms with Gasteiger partial charge in [-0.25, -0.2) is 0 Å². The molecule has 4 nitrogen and oxygen atoms in total. The molecule has 1 atom stereocenters. The molecular weight excluding hydrogens is 250 g/mol. The first kappa shape index (κ1) is 14.5. The predicted molar refractivity (Wildman–Crippen MR) is 69.8 cm³/mol. The van der Waals surface area contributed by atoms with Crippen LogP contribution in [0.2, 0.25) is 0 Å². The second kappa shape index (κ2) is 7.67. The van der Waals surface area contributed by atoms with Crippen molar-refractivity contribution in [2.75, 3.05) is 12.4 Å². The van der Waals surface area contributed by atoms with Gasteiger partial charge >= 0.3 is 0 Å². The highest BCUT2D eigenvalue weighted by atomic mass is 35.5. The van der Waals surface area contributed by atoms with Gasteiger partial charge in [0.1, 0.15) is 0 Å². The minimum atomic E-state index is -0.234. The van der Waals surface area contributed by atoms with E-state index in [0.29, 0.717) is 19.5 Å². The van der Waals surface area contributed by atoms with Crippen LogP contribution in [-0.4, -0.2) is 28.2 Å². The molecule has 0 saturated heterocycles. The Labute approximate surface area is 112 Å². The number of nitriles is 1. The summed E-state index contributed by atoms with van der Waals surface area (Å²) in [6.45, 7) is 2.68. The molecule has 1 heterocycles. The van der Waals surface area contributed by atoms with E-state index in [0.717, 1.165) is 5.56 Å². The van der Waals surface area contributed by atoms with Crippen LogP contribution in [-0.2, 0) is 11.3 Å². The molecule has 0 spiro atoms. The molecule has 96 valence electrons. The van der Waals surface area contributed by atoms with Crippen LogP contribution in [0.1, 0.15) is 18.9 Å². The fourth-order valence-corrected chi connectivity index (χ4v) is 1.67. The van der Waals surface area contributed by atoms with Gasteiger partial charge in [0, 0.05) is 37.3 Å². The van der Waals surface area contributed by atoms with Gasteiger partial charge in [0.05, 0.1) is 12.5 Å². The van der Waals surface area contributed by atoms with E-state index in [4.69, 9.17) is 16.9 Å². The summed E-state index contributed by atoms with van der Waals surface area (Å²) in [6, 6.07) is 5.79. The van der Waals surface area contributed by atoms with Crippen LogP contribution in [0.25, 0.3) is 0 Å². The normalized spacial score (nSPS) is 11.6. The van der Waals surface area contributed by atoms with Crippen LogP contribution in [0.4, 0.5) is 0 Å². The maximum atomic E-state index is 12.1. The molecule has 1 aromatic heterocycles. The Morgan fingerprint density at radius 2 is 2.44 bits per heavy atom. The first-order chi connectivity index (χ1) is 8.69. The van der Waals surface area contributed by atoms with E-state index in [2.05, 4.69) is 11.1 Å². The third kappa shape index (κ3) is 4.34. The Morgan fingerprint density at radius 1 is 1.67 bits per heavy atom. The fourth-order valence-electron chi connectivity index (χ4n) is 1.54. The maximum Gasteiger partial charge on any atom is 0.226 e. The van der Waals surface area contributed by atoms with Crippen LogP contribution in [0.5, 0.6) is 0 Å². The smallest absolute Gasteiger partial charge is 0.226 e. The van der Waals surface area contributed by atoms with Crippen molar-refractivity contribution in [3.8, 4) is 6.07 Å². The summed E-state index contributed by atoms with van der Waals surface area (Å²) >= 11 is 5.70. The second-order valence-electron chi connectivity index (χ2n) is 4.08. The largest absolute Gasteiger partial charge is 0.337 e. The zero-order valence-corrected chi connectivity index (χ0v) is 11.1. The lowest BCUT2D eigenvalue weighted by atomic mass is 10.1. The molecule has 0 aliphatic carbocycles. The van der Waals surface area contributed by atoms with Crippen molar-refractivity contribution in [2.45, 2.75) is 19.9 Å². The van der Waals surface area contributed by atoms with Crippen molar-refractivity contribution < 1.29 is 4.79 Å². The first-order valence-electron chi connectivity index (χ1n) is 5.79. The summed E-state index contributed by atoms with van der Waals surface area (Å²) in [5, 5.41) is 8.63. The lowest BCUT2D eigenvalue weighted by molar-refractivity contribution is -0.134. The molecule has 5 heteroatoms. The number of pyridine rings is 1. The molecule has 0 bridgehead atoms. The monoisotopic (exact) mass is 265 g/mol. The first-order valence-corrected chi connectivity index (χ1v) is 6.33. The van der Waals surface area contributed by atoms with E-state index in [1.165, 1.54) is 0 Å². The standard InChI is InChI=1S/C13H16ClN3O/c1-11(8-14)13(18)17(7-3-5-15)10-12-4-2-6-16-9-12/h2,4,6,9,11H,3,7-8,10H2,1H3. The van der Waals surface area contributed by atoms with Crippen molar-refractivity contribution in [1.29, 1.82) is 5.26 Å². The molecule has 0 N–H and O–H groups in total. The third-order valence-electron chi connectivity index (χ3n) is 2.55. The minimum Gasteiger partial charge on any atom is -0.337 e. The fraction of sp³-hybridized carbons (Fsp3) is 0.462. The highest BCUT2D eigenvalue weighted by Crippen LogP contribution is 2.10. The molecule has 1 amide bonds. The third-order valence-corrected chi connectivity index (χ3v) is 3.02. The molecule has 0 saturated carbocycles. The number of hydrogen-bond acceptors (Lipinski definition) is 3. The van der Waals surface area contributed by atoms with E-state index in [1.807, 2.05) is 12.1 Å². The number of carbonyl (C=O) groups is 1. The second-order valence-corrected chi connectivity index (χ2v) is 4.39. The average molecular weight is 266 g/mol. The maximum absolute atomic E-state index is 12.1. The van der Waals surface area contributed by atoms with Gasteiger partial charge < -0.3 is 4.90 Å². The van der Waals surface area contributed by atoms with Crippen molar-refractivity contribution >= 4 is 17.5 Å². The molecule has 1 aromatic rings. The number of nitrogens with zero attached hydrogens (tertiary/aromatic N) is 3. The van der Waals surface area contributed by atoms with Gasteiger partial charge in [0.15, 0.2) is 0 Å². The Bertz CT molecular complexity index is 416. The predicted octanol–water partition coefficient (Wildman–Crippen LogP) is 2.20. The van der Waals surface area contributed by atoms with Crippen molar-refractivity contribution in [3.05, 3.63) is 30.1 Å². The molecule has 0 radical (unpaired) electrons. The Hall–Kier alpha value is -1.60. The molecule has 1 unspecified atom stereocenters. The summed E-state index contributed by atoms with van der Waals surface area (Å²) in [5.74, 6) is 0.0284. The number of amides is 1.